The van der Waals surface area contributed by atoms with Gasteiger partial charge in [0.25, 0.3) is 12.2 Å². The molecule has 1 unspecified atom stereocenters. The molecule has 4 heterocycles. The topological polar surface area (TPSA) is 114 Å². The molecule has 5 aromatic rings. The quantitative estimate of drug-likeness (QED) is 0.238. The molecule has 0 saturated carbocycles. The number of halogens is 1. The van der Waals surface area contributed by atoms with Gasteiger partial charge < -0.3 is 15.4 Å². The summed E-state index contributed by atoms with van der Waals surface area (Å²) in [4.78, 5) is 37.0. The number of aryl methyl sites for hydroxylation is 1. The summed E-state index contributed by atoms with van der Waals surface area (Å²) in [5.41, 5.74) is 4.47. The Kier molecular flexibility index (Phi) is 8.67. The smallest absolute Gasteiger partial charge is 0.338 e. The predicted octanol–water partition coefficient (Wildman–Crippen LogP) is 4.64. The van der Waals surface area contributed by atoms with Gasteiger partial charge in [-0.15, -0.1) is 0 Å². The molecule has 0 spiro atoms. The molecule has 10 nitrogen and oxygen atoms in total. The summed E-state index contributed by atoms with van der Waals surface area (Å²) >= 11 is 0. The van der Waals surface area contributed by atoms with Crippen LogP contribution in [0.2, 0.25) is 0 Å². The first kappa shape index (κ1) is 29.1. The van der Waals surface area contributed by atoms with Gasteiger partial charge in [0, 0.05) is 67.4 Å². The second-order valence-corrected chi connectivity index (χ2v) is 10.5. The minimum Gasteiger partial charge on any atom is -0.461 e. The van der Waals surface area contributed by atoms with Crippen LogP contribution >= 0.6 is 0 Å². The lowest BCUT2D eigenvalue weighted by molar-refractivity contribution is -0.124. The highest BCUT2D eigenvalue weighted by Crippen LogP contribution is 2.35. The van der Waals surface area contributed by atoms with Crippen molar-refractivity contribution >= 4 is 28.5 Å². The minimum atomic E-state index is -2.16. The molecular formula is C33H32FN7O3. The lowest BCUT2D eigenvalue weighted by atomic mass is 10.0. The van der Waals surface area contributed by atoms with Crippen molar-refractivity contribution in [2.75, 3.05) is 44.6 Å². The van der Waals surface area contributed by atoms with Crippen molar-refractivity contribution in [3.63, 3.8) is 0 Å². The first-order valence-corrected chi connectivity index (χ1v) is 14.5. The van der Waals surface area contributed by atoms with E-state index >= 15 is 4.39 Å². The fourth-order valence-electron chi connectivity index (χ4n) is 5.23. The van der Waals surface area contributed by atoms with Gasteiger partial charge in [-0.3, -0.25) is 19.7 Å². The number of fused-ring (bicyclic) bond motifs is 1. The number of nitrogens with zero attached hydrogens (tertiary/aromatic N) is 5. The molecule has 0 bridgehead atoms. The van der Waals surface area contributed by atoms with E-state index in [0.29, 0.717) is 23.5 Å². The van der Waals surface area contributed by atoms with Crippen molar-refractivity contribution in [3.8, 4) is 22.5 Å². The molecule has 224 valence electrons. The van der Waals surface area contributed by atoms with Gasteiger partial charge in [-0.25, -0.2) is 13.9 Å². The summed E-state index contributed by atoms with van der Waals surface area (Å²) in [6.07, 6.45) is 1.04. The van der Waals surface area contributed by atoms with Gasteiger partial charge in [0.2, 0.25) is 0 Å². The van der Waals surface area contributed by atoms with Crippen LogP contribution in [0.15, 0.2) is 85.2 Å². The highest BCUT2D eigenvalue weighted by atomic mass is 19.1. The highest BCUT2D eigenvalue weighted by molar-refractivity contribution is 5.98. The number of anilines is 1. The summed E-state index contributed by atoms with van der Waals surface area (Å²) < 4.78 is 22.2. The average molecular weight is 594 g/mol. The van der Waals surface area contributed by atoms with Crippen molar-refractivity contribution < 1.29 is 18.7 Å². The number of rotatable bonds is 9. The number of hydrogen-bond donors (Lipinski definition) is 2. The largest absolute Gasteiger partial charge is 0.461 e. The second-order valence-electron chi connectivity index (χ2n) is 10.5. The number of benzene rings is 2. The van der Waals surface area contributed by atoms with E-state index in [1.165, 1.54) is 12.3 Å². The number of carbonyl (C=O) groups excluding carboxylic acids is 2. The van der Waals surface area contributed by atoms with Crippen molar-refractivity contribution in [3.05, 3.63) is 96.4 Å². The molecule has 0 aliphatic carbocycles. The number of hydrogen-bond acceptors (Lipinski definition) is 8. The van der Waals surface area contributed by atoms with Crippen LogP contribution in [0.3, 0.4) is 0 Å². The first-order chi connectivity index (χ1) is 21.5. The Hall–Kier alpha value is -5.00. The van der Waals surface area contributed by atoms with Crippen LogP contribution < -0.4 is 10.6 Å². The van der Waals surface area contributed by atoms with Crippen LogP contribution in [0.4, 0.5) is 10.1 Å². The first-order valence-electron chi connectivity index (χ1n) is 14.5. The summed E-state index contributed by atoms with van der Waals surface area (Å²) in [6.45, 7) is 6.41. The maximum absolute atomic E-state index is 15.8. The van der Waals surface area contributed by atoms with E-state index in [1.807, 2.05) is 49.4 Å². The zero-order valence-electron chi connectivity index (χ0n) is 24.2. The van der Waals surface area contributed by atoms with E-state index in [0.717, 1.165) is 53.0 Å². The molecule has 1 aliphatic heterocycles. The molecule has 44 heavy (non-hydrogen) atoms. The molecule has 1 fully saturated rings. The third-order valence-electron chi connectivity index (χ3n) is 7.47. The molecule has 1 aliphatic rings. The van der Waals surface area contributed by atoms with E-state index in [-0.39, 0.29) is 17.9 Å². The monoisotopic (exact) mass is 593 g/mol. The Morgan fingerprint density at radius 3 is 2.68 bits per heavy atom. The number of nitrogens with one attached hydrogen (secondary N) is 2. The minimum absolute atomic E-state index is 0.258. The number of esters is 1. The van der Waals surface area contributed by atoms with Gasteiger partial charge in [0.1, 0.15) is 12.3 Å². The number of alkyl halides is 1. The molecule has 1 atom stereocenters. The summed E-state index contributed by atoms with van der Waals surface area (Å²) in [7, 11) is 0. The number of ether oxygens (including phenoxy) is 1. The third-order valence-corrected chi connectivity index (χ3v) is 7.47. The van der Waals surface area contributed by atoms with Crippen LogP contribution in [0.5, 0.6) is 0 Å². The number of piperazine rings is 1. The normalized spacial score (nSPS) is 14.3. The molecule has 1 saturated heterocycles. The zero-order valence-corrected chi connectivity index (χ0v) is 24.2. The Labute approximate surface area is 253 Å². The van der Waals surface area contributed by atoms with Gasteiger partial charge >= 0.3 is 5.97 Å². The predicted molar refractivity (Wildman–Crippen MR) is 166 cm³/mol. The summed E-state index contributed by atoms with van der Waals surface area (Å²) in [6, 6.07) is 21.3. The molecule has 1 amide bonds. The van der Waals surface area contributed by atoms with Crippen LogP contribution in [0.25, 0.3) is 33.4 Å². The van der Waals surface area contributed by atoms with E-state index in [1.54, 1.807) is 30.5 Å². The molecular weight excluding hydrogens is 561 g/mol. The molecule has 11 heteroatoms. The number of carbonyl (C=O) groups is 2. The van der Waals surface area contributed by atoms with E-state index in [2.05, 4.69) is 30.6 Å². The summed E-state index contributed by atoms with van der Waals surface area (Å²) in [5.74, 6) is -1.45. The average Bonchev–Trinajstić information content (AvgIpc) is 3.50. The molecule has 3 aromatic heterocycles. The Bertz CT molecular complexity index is 1800. The Morgan fingerprint density at radius 1 is 1.02 bits per heavy atom. The SMILES string of the molecule is Cc1cccc(-c2nn(C(F)C(=O)Nc3cccc(C(=O)OCCN4CCNCC4)c3)cc2-c2ccnc3ccccc23)n1. The zero-order chi connectivity index (χ0) is 30.5. The van der Waals surface area contributed by atoms with Crippen LogP contribution in [-0.2, 0) is 9.53 Å². The van der Waals surface area contributed by atoms with Crippen molar-refractivity contribution in [2.45, 2.75) is 13.2 Å². The Balaban J connectivity index is 1.21. The highest BCUT2D eigenvalue weighted by Gasteiger charge is 2.25. The lowest BCUT2D eigenvalue weighted by Gasteiger charge is -2.26. The fraction of sp³-hybridized carbons (Fsp3) is 0.242. The van der Waals surface area contributed by atoms with Gasteiger partial charge in [-0.1, -0.05) is 30.3 Å². The molecule has 0 radical (unpaired) electrons. The van der Waals surface area contributed by atoms with Crippen molar-refractivity contribution in [1.82, 2.24) is 30.0 Å². The fourth-order valence-corrected chi connectivity index (χ4v) is 5.23. The lowest BCUT2D eigenvalue weighted by Crippen LogP contribution is -2.44. The Morgan fingerprint density at radius 2 is 1.84 bits per heavy atom. The number of amides is 1. The molecule has 2 aromatic carbocycles. The van der Waals surface area contributed by atoms with E-state index in [9.17, 15) is 9.59 Å². The number of pyridine rings is 2. The van der Waals surface area contributed by atoms with Crippen LogP contribution in [0, 0.1) is 6.92 Å². The van der Waals surface area contributed by atoms with Gasteiger partial charge in [-0.2, -0.15) is 5.10 Å². The van der Waals surface area contributed by atoms with Crippen molar-refractivity contribution in [1.29, 1.82) is 0 Å². The maximum Gasteiger partial charge on any atom is 0.338 e. The van der Waals surface area contributed by atoms with Gasteiger partial charge in [0.15, 0.2) is 0 Å². The standard InChI is InChI=1S/C33H32FN7O3/c1-22-6-4-11-29(37-22)30-27(25-12-13-36-28-10-3-2-9-26(25)28)21-41(39-30)31(34)32(42)38-24-8-5-7-23(20-24)33(43)44-19-18-40-16-14-35-15-17-40/h2-13,20-21,31,35H,14-19H2,1H3,(H,38,42). The third kappa shape index (κ3) is 6.48. The molecule has 2 N–H and O–H groups in total. The van der Waals surface area contributed by atoms with Gasteiger partial charge in [0.05, 0.1) is 16.8 Å². The van der Waals surface area contributed by atoms with Crippen molar-refractivity contribution in [2.24, 2.45) is 0 Å². The van der Waals surface area contributed by atoms with E-state index < -0.39 is 18.2 Å². The second kappa shape index (κ2) is 13.1. The number of para-hydroxylation sites is 1. The van der Waals surface area contributed by atoms with Crippen LogP contribution in [-0.4, -0.2) is 75.9 Å². The summed E-state index contributed by atoms with van der Waals surface area (Å²) in [5, 5.41) is 11.2. The van der Waals surface area contributed by atoms with E-state index in [4.69, 9.17) is 4.74 Å². The number of aromatic nitrogens is 4. The van der Waals surface area contributed by atoms with Crippen LogP contribution in [0.1, 0.15) is 22.3 Å². The molecule has 6 rings (SSSR count). The van der Waals surface area contributed by atoms with Gasteiger partial charge in [-0.05, 0) is 55.0 Å². The maximum atomic E-state index is 15.8.